The number of unbranched alkanes of at least 4 members (excludes halogenated alkanes) is 1. The van der Waals surface area contributed by atoms with Crippen LogP contribution in [-0.2, 0) is 4.79 Å². The molecule has 0 aliphatic rings. The van der Waals surface area contributed by atoms with E-state index in [1.54, 1.807) is 12.3 Å². The van der Waals surface area contributed by atoms with Gasteiger partial charge in [-0.05, 0) is 37.8 Å². The number of anilines is 1. The Bertz CT molecular complexity index is 984. The third-order valence-electron chi connectivity index (χ3n) is 5.40. The van der Waals surface area contributed by atoms with Gasteiger partial charge in [0, 0.05) is 37.1 Å². The molecule has 1 aromatic carbocycles. The summed E-state index contributed by atoms with van der Waals surface area (Å²) in [6.07, 6.45) is 5.17. The number of nitrogens with zero attached hydrogens (tertiary/aromatic N) is 1. The van der Waals surface area contributed by atoms with Crippen LogP contribution >= 0.6 is 0 Å². The van der Waals surface area contributed by atoms with Gasteiger partial charge in [-0.25, -0.2) is 4.39 Å². The number of carbonyl (C=O) groups excluding carboxylic acids is 1. The molecule has 0 saturated carbocycles. The van der Waals surface area contributed by atoms with Crippen molar-refractivity contribution in [1.29, 1.82) is 0 Å². The molecule has 0 atom stereocenters. The molecule has 1 aromatic heterocycles. The lowest BCUT2D eigenvalue weighted by Gasteiger charge is -2.22. The lowest BCUT2D eigenvalue weighted by atomic mass is 10.1. The zero-order valence-electron chi connectivity index (χ0n) is 20.5. The maximum Gasteiger partial charge on any atom is 0.303 e. The van der Waals surface area contributed by atoms with Gasteiger partial charge in [0.25, 0.3) is 5.91 Å². The van der Waals surface area contributed by atoms with Gasteiger partial charge in [0.1, 0.15) is 11.4 Å². The number of aliphatic carboxylic acids is 1. The second-order valence-corrected chi connectivity index (χ2v) is 7.63. The first-order chi connectivity index (χ1) is 15.8. The second-order valence-electron chi connectivity index (χ2n) is 7.63. The maximum atomic E-state index is 14.7. The molecule has 0 bridgehead atoms. The van der Waals surface area contributed by atoms with E-state index in [-0.39, 0.29) is 36.4 Å². The maximum absolute atomic E-state index is 14.7. The van der Waals surface area contributed by atoms with Crippen LogP contribution < -0.4 is 16.1 Å². The minimum absolute atomic E-state index is 0.0376. The van der Waals surface area contributed by atoms with E-state index in [2.05, 4.69) is 17.6 Å². The first-order valence-corrected chi connectivity index (χ1v) is 12.0. The highest BCUT2D eigenvalue weighted by molar-refractivity contribution is 5.97. The monoisotopic (exact) mass is 463 g/mol. The second kappa shape index (κ2) is 14.3. The summed E-state index contributed by atoms with van der Waals surface area (Å²) in [5, 5.41) is 14.6. The number of hydrogen-bond acceptors (Lipinski definition) is 4. The van der Waals surface area contributed by atoms with E-state index in [1.807, 2.05) is 32.3 Å². The number of nitrogens with one attached hydrogen (secondary N) is 2. The van der Waals surface area contributed by atoms with Gasteiger partial charge in [-0.15, -0.1) is 0 Å². The van der Waals surface area contributed by atoms with Crippen LogP contribution in [0.4, 0.5) is 10.1 Å². The molecule has 0 aliphatic carbocycles. The minimum atomic E-state index is -0.949. The highest BCUT2D eigenvalue weighted by Gasteiger charge is 2.20. The van der Waals surface area contributed by atoms with Crippen LogP contribution in [0.15, 0.2) is 23.1 Å². The Morgan fingerprint density at radius 2 is 1.76 bits per heavy atom. The van der Waals surface area contributed by atoms with Gasteiger partial charge in [0.2, 0.25) is 5.43 Å². The molecule has 33 heavy (non-hydrogen) atoms. The van der Waals surface area contributed by atoms with Crippen molar-refractivity contribution in [3.05, 3.63) is 39.9 Å². The molecule has 2 rings (SSSR count). The van der Waals surface area contributed by atoms with Crippen LogP contribution in [0.2, 0.25) is 0 Å². The number of fused-ring (bicyclic) bond motifs is 1. The van der Waals surface area contributed by atoms with Crippen LogP contribution in [0.5, 0.6) is 0 Å². The summed E-state index contributed by atoms with van der Waals surface area (Å²) in [5.41, 5.74) is 0.320. The smallest absolute Gasteiger partial charge is 0.303 e. The molecule has 0 fully saturated rings. The van der Waals surface area contributed by atoms with Gasteiger partial charge < -0.3 is 20.3 Å². The largest absolute Gasteiger partial charge is 0.481 e. The Morgan fingerprint density at radius 1 is 1.09 bits per heavy atom. The Kier molecular flexibility index (Phi) is 12.2. The molecular formula is C25H38FN3O4. The molecule has 1 heterocycles. The van der Waals surface area contributed by atoms with E-state index in [1.165, 1.54) is 6.07 Å². The third kappa shape index (κ3) is 7.58. The number of pyridine rings is 1. The lowest BCUT2D eigenvalue weighted by Crippen LogP contribution is -2.31. The standard InChI is InChI=1S/C23H32FN3O4.C2H6/c1-4-7-10-25-19-13-20-16(12-18(19)24)22(30)17(14-27(20)15(5-2)6-3)23(31)26-11-8-9-21(28)29;1-2/h12-15,25H,4-11H2,1-3H3,(H,26,31)(H,28,29);1-2H3. The Morgan fingerprint density at radius 3 is 2.33 bits per heavy atom. The van der Waals surface area contributed by atoms with Gasteiger partial charge >= 0.3 is 5.97 Å². The van der Waals surface area contributed by atoms with Crippen LogP contribution in [0, 0.1) is 5.82 Å². The number of aromatic nitrogens is 1. The van der Waals surface area contributed by atoms with E-state index in [0.717, 1.165) is 25.7 Å². The van der Waals surface area contributed by atoms with Gasteiger partial charge in [0.05, 0.1) is 11.2 Å². The highest BCUT2D eigenvalue weighted by Crippen LogP contribution is 2.26. The van der Waals surface area contributed by atoms with Crippen LogP contribution in [0.25, 0.3) is 10.9 Å². The molecule has 8 heteroatoms. The number of hydrogen-bond donors (Lipinski definition) is 3. The van der Waals surface area contributed by atoms with Crippen molar-refractivity contribution in [3.63, 3.8) is 0 Å². The van der Waals surface area contributed by atoms with Crippen LogP contribution in [0.1, 0.15) is 89.5 Å². The number of halogens is 1. The average molecular weight is 464 g/mol. The fourth-order valence-electron chi connectivity index (χ4n) is 3.59. The fraction of sp³-hybridized carbons (Fsp3) is 0.560. The molecule has 0 spiro atoms. The molecule has 0 unspecified atom stereocenters. The summed E-state index contributed by atoms with van der Waals surface area (Å²) < 4.78 is 16.6. The minimum Gasteiger partial charge on any atom is -0.481 e. The van der Waals surface area contributed by atoms with Crippen molar-refractivity contribution in [2.24, 2.45) is 0 Å². The van der Waals surface area contributed by atoms with Crippen LogP contribution in [0.3, 0.4) is 0 Å². The number of carboxylic acids is 1. The number of carboxylic acid groups (broad SMARTS) is 1. The van der Waals surface area contributed by atoms with Crippen molar-refractivity contribution in [2.45, 2.75) is 79.2 Å². The Balaban J connectivity index is 0.00000265. The molecule has 0 saturated heterocycles. The number of rotatable bonds is 12. The van der Waals surface area contributed by atoms with E-state index in [0.29, 0.717) is 17.7 Å². The van der Waals surface area contributed by atoms with Crippen LogP contribution in [-0.4, -0.2) is 34.6 Å². The zero-order valence-corrected chi connectivity index (χ0v) is 20.5. The quantitative estimate of drug-likeness (QED) is 0.369. The first kappa shape index (κ1) is 28.1. The summed E-state index contributed by atoms with van der Waals surface area (Å²) in [7, 11) is 0. The summed E-state index contributed by atoms with van der Waals surface area (Å²) in [6, 6.07) is 2.89. The van der Waals surface area contributed by atoms with Crippen molar-refractivity contribution in [1.82, 2.24) is 9.88 Å². The Labute approximate surface area is 195 Å². The number of carbonyl (C=O) groups is 2. The molecule has 2 aromatic rings. The molecule has 0 aliphatic heterocycles. The average Bonchev–Trinajstić information content (AvgIpc) is 2.80. The summed E-state index contributed by atoms with van der Waals surface area (Å²) in [6.45, 7) is 10.9. The third-order valence-corrected chi connectivity index (χ3v) is 5.40. The molecule has 0 radical (unpaired) electrons. The molecule has 184 valence electrons. The number of benzene rings is 1. The molecule has 3 N–H and O–H groups in total. The topological polar surface area (TPSA) is 100 Å². The lowest BCUT2D eigenvalue weighted by molar-refractivity contribution is -0.137. The van der Waals surface area contributed by atoms with Crippen molar-refractivity contribution < 1.29 is 19.1 Å². The van der Waals surface area contributed by atoms with E-state index >= 15 is 0 Å². The summed E-state index contributed by atoms with van der Waals surface area (Å²) in [5.74, 6) is -2.06. The van der Waals surface area contributed by atoms with Gasteiger partial charge in [0.15, 0.2) is 0 Å². The normalized spacial score (nSPS) is 10.6. The molecule has 1 amide bonds. The zero-order chi connectivity index (χ0) is 25.0. The molecular weight excluding hydrogens is 425 g/mol. The SMILES string of the molecule is CC.CCCCNc1cc2c(cc1F)c(=O)c(C(=O)NCCCC(=O)O)cn2C(CC)CC. The Hall–Kier alpha value is -2.90. The molecule has 7 nitrogen and oxygen atoms in total. The number of amides is 1. The van der Waals surface area contributed by atoms with Gasteiger partial charge in [-0.2, -0.15) is 0 Å². The predicted molar refractivity (Wildman–Crippen MR) is 132 cm³/mol. The van der Waals surface area contributed by atoms with E-state index in [9.17, 15) is 18.8 Å². The fourth-order valence-corrected chi connectivity index (χ4v) is 3.59. The first-order valence-electron chi connectivity index (χ1n) is 12.0. The highest BCUT2D eigenvalue weighted by atomic mass is 19.1. The van der Waals surface area contributed by atoms with E-state index < -0.39 is 23.1 Å². The van der Waals surface area contributed by atoms with Crippen molar-refractivity contribution >= 4 is 28.5 Å². The predicted octanol–water partition coefficient (Wildman–Crippen LogP) is 5.33. The summed E-state index contributed by atoms with van der Waals surface area (Å²) >= 11 is 0. The summed E-state index contributed by atoms with van der Waals surface area (Å²) in [4.78, 5) is 36.3. The van der Waals surface area contributed by atoms with Crippen molar-refractivity contribution in [3.8, 4) is 0 Å². The van der Waals surface area contributed by atoms with Gasteiger partial charge in [-0.3, -0.25) is 14.4 Å². The van der Waals surface area contributed by atoms with Crippen molar-refractivity contribution in [2.75, 3.05) is 18.4 Å². The van der Waals surface area contributed by atoms with E-state index in [4.69, 9.17) is 5.11 Å². The van der Waals surface area contributed by atoms with Gasteiger partial charge in [-0.1, -0.05) is 41.0 Å².